The van der Waals surface area contributed by atoms with Gasteiger partial charge in [-0.3, -0.25) is 0 Å². The van der Waals surface area contributed by atoms with Crippen LogP contribution in [0.4, 0.5) is 0 Å². The molecule has 3 nitrogen and oxygen atoms in total. The Kier molecular flexibility index (Phi) is 6.73. The van der Waals surface area contributed by atoms with Gasteiger partial charge in [0.25, 0.3) is 0 Å². The van der Waals surface area contributed by atoms with Crippen molar-refractivity contribution in [2.75, 3.05) is 0 Å². The van der Waals surface area contributed by atoms with Crippen molar-refractivity contribution in [1.82, 2.24) is 0 Å². The van der Waals surface area contributed by atoms with Crippen molar-refractivity contribution in [2.45, 2.75) is 6.92 Å². The Morgan fingerprint density at radius 1 is 1.53 bits per heavy atom. The summed E-state index contributed by atoms with van der Waals surface area (Å²) in [6.45, 7) is 1.87. The molecule has 0 saturated carbocycles. The molecule has 0 radical (unpaired) electrons. The van der Waals surface area contributed by atoms with Crippen LogP contribution in [0.2, 0.25) is 0 Å². The fraction of sp³-hybridized carbons (Fsp3) is 0.0909. The number of aryl methyl sites for hydroxylation is 1. The number of aliphatic carboxylic acids is 1. The van der Waals surface area contributed by atoms with Gasteiger partial charge < -0.3 is 9.90 Å². The molecule has 1 aromatic carbocycles. The maximum absolute atomic E-state index is 10.3. The molecule has 0 aromatic heterocycles. The number of carbonyl (C=O) groups is 1. The van der Waals surface area contributed by atoms with Gasteiger partial charge in [-0.25, -0.2) is 0 Å². The molecule has 0 N–H and O–H groups in total. The topological polar surface area (TPSA) is 63.9 Å². The summed E-state index contributed by atoms with van der Waals surface area (Å²) in [4.78, 5) is 10.3. The maximum Gasteiger partial charge on any atom is 1.00 e. The smallest absolute Gasteiger partial charge is 0.545 e. The Balaban J connectivity index is 0.00000196. The van der Waals surface area contributed by atoms with Gasteiger partial charge in [-0.2, -0.15) is 5.26 Å². The molecule has 0 saturated heterocycles. The van der Waals surface area contributed by atoms with Gasteiger partial charge in [0, 0.05) is 0 Å². The van der Waals surface area contributed by atoms with Crippen LogP contribution in [0, 0.1) is 18.3 Å². The molecule has 0 spiro atoms. The quantitative estimate of drug-likeness (QED) is 0.322. The second-order valence-electron chi connectivity index (χ2n) is 2.86. The molecule has 0 heterocycles. The van der Waals surface area contributed by atoms with Crippen LogP contribution in [0.15, 0.2) is 30.3 Å². The fourth-order valence-corrected chi connectivity index (χ4v) is 1.11. The number of nitriles is 1. The number of hydrogen-bond donors (Lipinski definition) is 0. The van der Waals surface area contributed by atoms with E-state index in [1.807, 2.05) is 19.1 Å². The molecule has 1 aromatic rings. The first-order valence-corrected chi connectivity index (χ1v) is 4.03. The number of benzene rings is 1. The molecule has 70 valence electrons. The monoisotopic (exact) mass is 225 g/mol. The summed E-state index contributed by atoms with van der Waals surface area (Å²) in [7, 11) is 0. The van der Waals surface area contributed by atoms with E-state index in [1.165, 1.54) is 0 Å². The average Bonchev–Trinajstić information content (AvgIpc) is 2.14. The van der Waals surface area contributed by atoms with Crippen LogP contribution in [0.3, 0.4) is 0 Å². The second-order valence-corrected chi connectivity index (χ2v) is 2.86. The minimum absolute atomic E-state index is 0. The van der Waals surface area contributed by atoms with Gasteiger partial charge in [-0.05, 0) is 18.6 Å². The number of nitrogens with zero attached hydrogens (tertiary/aromatic N) is 1. The predicted octanol–water partition coefficient (Wildman–Crippen LogP) is -2.34. The van der Waals surface area contributed by atoms with Crippen LogP contribution in [0.5, 0.6) is 0 Å². The van der Waals surface area contributed by atoms with E-state index in [-0.39, 0.29) is 57.0 Å². The second kappa shape index (κ2) is 6.93. The maximum atomic E-state index is 10.3. The van der Waals surface area contributed by atoms with E-state index in [9.17, 15) is 9.90 Å². The van der Waals surface area contributed by atoms with Crippen molar-refractivity contribution in [3.05, 3.63) is 41.5 Å². The number of hydrogen-bond acceptors (Lipinski definition) is 3. The molecular formula is C11H8KNO2. The number of allylic oxidation sites excluding steroid dienone is 1. The predicted molar refractivity (Wildman–Crippen MR) is 49.8 cm³/mol. The largest absolute Gasteiger partial charge is 1.00 e. The third-order valence-electron chi connectivity index (χ3n) is 1.71. The van der Waals surface area contributed by atoms with Crippen LogP contribution in [-0.2, 0) is 4.79 Å². The fourth-order valence-electron chi connectivity index (χ4n) is 1.11. The van der Waals surface area contributed by atoms with Crippen molar-refractivity contribution in [2.24, 2.45) is 0 Å². The van der Waals surface area contributed by atoms with Gasteiger partial charge in [0.15, 0.2) is 0 Å². The van der Waals surface area contributed by atoms with Crippen molar-refractivity contribution in [3.8, 4) is 6.07 Å². The zero-order valence-electron chi connectivity index (χ0n) is 8.65. The van der Waals surface area contributed by atoms with Crippen LogP contribution < -0.4 is 56.5 Å². The average molecular weight is 225 g/mol. The summed E-state index contributed by atoms with van der Waals surface area (Å²) >= 11 is 0. The zero-order valence-corrected chi connectivity index (χ0v) is 11.8. The molecular weight excluding hydrogens is 217 g/mol. The van der Waals surface area contributed by atoms with Gasteiger partial charge in [0.1, 0.15) is 0 Å². The molecule has 1 rings (SSSR count). The van der Waals surface area contributed by atoms with Crippen LogP contribution in [0.1, 0.15) is 11.1 Å². The number of carboxylic acids is 1. The summed E-state index contributed by atoms with van der Waals surface area (Å²) in [6.07, 6.45) is 0.800. The van der Waals surface area contributed by atoms with Crippen LogP contribution in [0.25, 0.3) is 5.57 Å². The van der Waals surface area contributed by atoms with Gasteiger partial charge >= 0.3 is 51.4 Å². The first-order chi connectivity index (χ1) is 6.63. The molecule has 0 unspecified atom stereocenters. The van der Waals surface area contributed by atoms with Gasteiger partial charge in [0.2, 0.25) is 0 Å². The normalized spacial score (nSPS) is 10.0. The SMILES string of the molecule is Cc1cccc(/C(C#N)=C\C(=O)[O-])c1.[K+]. The molecule has 4 heteroatoms. The van der Waals surface area contributed by atoms with Crippen molar-refractivity contribution in [1.29, 1.82) is 5.26 Å². The van der Waals surface area contributed by atoms with E-state index >= 15 is 0 Å². The van der Waals surface area contributed by atoms with E-state index in [1.54, 1.807) is 18.2 Å². The Hall–Kier alpha value is -0.444. The van der Waals surface area contributed by atoms with E-state index in [2.05, 4.69) is 0 Å². The molecule has 0 fully saturated rings. The van der Waals surface area contributed by atoms with E-state index in [4.69, 9.17) is 5.26 Å². The first kappa shape index (κ1) is 14.6. The van der Waals surface area contributed by atoms with Gasteiger partial charge in [-0.1, -0.05) is 29.8 Å². The molecule has 0 atom stereocenters. The van der Waals surface area contributed by atoms with E-state index in [0.717, 1.165) is 11.6 Å². The summed E-state index contributed by atoms with van der Waals surface area (Å²) in [5.74, 6) is -1.36. The molecule has 0 bridgehead atoms. The van der Waals surface area contributed by atoms with Gasteiger partial charge in [0.05, 0.1) is 17.6 Å². The van der Waals surface area contributed by atoms with E-state index in [0.29, 0.717) is 5.56 Å². The number of carboxylic acid groups (broad SMARTS) is 1. The summed E-state index contributed by atoms with van der Waals surface area (Å²) in [6, 6.07) is 8.89. The summed E-state index contributed by atoms with van der Waals surface area (Å²) in [5, 5.41) is 19.0. The van der Waals surface area contributed by atoms with Crippen molar-refractivity contribution >= 4 is 11.5 Å². The Morgan fingerprint density at radius 3 is 2.67 bits per heavy atom. The number of carbonyl (C=O) groups excluding carboxylic acids is 1. The molecule has 15 heavy (non-hydrogen) atoms. The third kappa shape index (κ3) is 4.73. The Labute approximate surface area is 131 Å². The number of rotatable bonds is 2. The minimum Gasteiger partial charge on any atom is -0.545 e. The summed E-state index contributed by atoms with van der Waals surface area (Å²) in [5.41, 5.74) is 1.67. The Bertz CT molecular complexity index is 432. The minimum atomic E-state index is -1.36. The summed E-state index contributed by atoms with van der Waals surface area (Å²) < 4.78 is 0. The van der Waals surface area contributed by atoms with Crippen LogP contribution in [-0.4, -0.2) is 5.97 Å². The Morgan fingerprint density at radius 2 is 2.20 bits per heavy atom. The molecule has 0 aliphatic rings. The van der Waals surface area contributed by atoms with Gasteiger partial charge in [-0.15, -0.1) is 0 Å². The standard InChI is InChI=1S/C11H9NO2.K/c1-8-3-2-4-9(5-8)10(7-12)6-11(13)14;/h2-6H,1H3,(H,13,14);/q;+1/p-1/b10-6-;. The molecule has 0 aliphatic carbocycles. The van der Waals surface area contributed by atoms with E-state index < -0.39 is 5.97 Å². The first-order valence-electron chi connectivity index (χ1n) is 4.03. The molecule has 0 aliphatic heterocycles. The van der Waals surface area contributed by atoms with Crippen molar-refractivity contribution < 1.29 is 61.3 Å². The molecule has 0 amide bonds. The third-order valence-corrected chi connectivity index (χ3v) is 1.71. The van der Waals surface area contributed by atoms with Crippen molar-refractivity contribution in [3.63, 3.8) is 0 Å². The van der Waals surface area contributed by atoms with Crippen LogP contribution >= 0.6 is 0 Å². The zero-order chi connectivity index (χ0) is 10.6.